The van der Waals surface area contributed by atoms with Gasteiger partial charge in [-0.05, 0) is 44.5 Å². The molecule has 2 aromatic rings. The van der Waals surface area contributed by atoms with Crippen LogP contribution in [0.5, 0.6) is 0 Å². The highest BCUT2D eigenvalue weighted by Crippen LogP contribution is 2.18. The van der Waals surface area contributed by atoms with Crippen molar-refractivity contribution in [1.82, 2.24) is 20.4 Å². The molecule has 1 aromatic heterocycles. The number of aryl methyl sites for hydroxylation is 1. The molecular formula is C18H25ClN4OS. The first kappa shape index (κ1) is 19.8. The molecule has 1 aliphatic heterocycles. The second-order valence-electron chi connectivity index (χ2n) is 6.10. The Morgan fingerprint density at radius 2 is 2.16 bits per heavy atom. The zero-order valence-corrected chi connectivity index (χ0v) is 16.0. The number of nitrogens with zero attached hydrogens (tertiary/aromatic N) is 2. The number of hydrogen-bond donors (Lipinski definition) is 2. The third-order valence-electron chi connectivity index (χ3n) is 4.16. The third kappa shape index (κ3) is 5.76. The van der Waals surface area contributed by atoms with Gasteiger partial charge in [0.15, 0.2) is 0 Å². The van der Waals surface area contributed by atoms with E-state index >= 15 is 0 Å². The van der Waals surface area contributed by atoms with E-state index in [2.05, 4.69) is 46.9 Å². The number of aromatic nitrogens is 2. The Balaban J connectivity index is 0.00000225. The number of amides is 1. The Hall–Kier alpha value is -1.50. The summed E-state index contributed by atoms with van der Waals surface area (Å²) in [5, 5.41) is 10.8. The topological polar surface area (TPSA) is 59.0 Å². The average molecular weight is 381 g/mol. The molecular weight excluding hydrogens is 356 g/mol. The van der Waals surface area contributed by atoms with Gasteiger partial charge in [-0.2, -0.15) is 5.10 Å². The molecule has 0 radical (unpaired) electrons. The maximum atomic E-state index is 12.2. The highest BCUT2D eigenvalue weighted by molar-refractivity contribution is 7.99. The van der Waals surface area contributed by atoms with Crippen molar-refractivity contribution in [2.75, 3.05) is 25.4 Å². The second kappa shape index (κ2) is 9.85. The normalized spacial score (nSPS) is 16.9. The summed E-state index contributed by atoms with van der Waals surface area (Å²) in [5.74, 6) is 0.754. The van der Waals surface area contributed by atoms with Crippen molar-refractivity contribution in [1.29, 1.82) is 0 Å². The molecule has 1 unspecified atom stereocenters. The predicted molar refractivity (Wildman–Crippen MR) is 105 cm³/mol. The summed E-state index contributed by atoms with van der Waals surface area (Å²) >= 11 is 1.75. The minimum atomic E-state index is -0.0953. The summed E-state index contributed by atoms with van der Waals surface area (Å²) in [7, 11) is 0. The molecule has 7 heteroatoms. The van der Waals surface area contributed by atoms with E-state index in [4.69, 9.17) is 0 Å². The third-order valence-corrected chi connectivity index (χ3v) is 5.18. The van der Waals surface area contributed by atoms with Gasteiger partial charge in [0, 0.05) is 29.9 Å². The minimum Gasteiger partial charge on any atom is -0.350 e. The van der Waals surface area contributed by atoms with Gasteiger partial charge in [0.2, 0.25) is 0 Å². The van der Waals surface area contributed by atoms with Crippen LogP contribution in [0.4, 0.5) is 0 Å². The molecule has 25 heavy (non-hydrogen) atoms. The van der Waals surface area contributed by atoms with E-state index < -0.39 is 0 Å². The highest BCUT2D eigenvalue weighted by atomic mass is 35.5. The lowest BCUT2D eigenvalue weighted by Crippen LogP contribution is -2.32. The largest absolute Gasteiger partial charge is 0.350 e. The summed E-state index contributed by atoms with van der Waals surface area (Å²) in [4.78, 5) is 13.4. The first-order valence-corrected chi connectivity index (χ1v) is 9.44. The molecule has 1 aromatic carbocycles. The number of hydrogen-bond acceptors (Lipinski definition) is 4. The van der Waals surface area contributed by atoms with Crippen molar-refractivity contribution >= 4 is 30.1 Å². The number of nitrogens with one attached hydrogen (secondary N) is 2. The van der Waals surface area contributed by atoms with Gasteiger partial charge in [0.25, 0.3) is 5.91 Å². The second-order valence-corrected chi connectivity index (χ2v) is 7.27. The lowest BCUT2D eigenvalue weighted by atomic mass is 10.1. The lowest BCUT2D eigenvalue weighted by Gasteiger charge is -2.22. The van der Waals surface area contributed by atoms with Crippen molar-refractivity contribution in [2.24, 2.45) is 0 Å². The summed E-state index contributed by atoms with van der Waals surface area (Å²) in [5.41, 5.74) is 1.76. The number of rotatable bonds is 6. The number of carbonyl (C=O) groups excluding carboxylic acids is 1. The van der Waals surface area contributed by atoms with E-state index in [-0.39, 0.29) is 18.3 Å². The van der Waals surface area contributed by atoms with Gasteiger partial charge in [0.05, 0.1) is 6.04 Å². The number of piperidine rings is 1. The van der Waals surface area contributed by atoms with Crippen LogP contribution >= 0.6 is 24.2 Å². The summed E-state index contributed by atoms with van der Waals surface area (Å²) in [6.07, 6.45) is 4.18. The average Bonchev–Trinajstić information content (AvgIpc) is 3.11. The number of halogens is 1. The van der Waals surface area contributed by atoms with E-state index in [1.54, 1.807) is 17.8 Å². The molecule has 2 N–H and O–H groups in total. The highest BCUT2D eigenvalue weighted by Gasteiger charge is 2.17. The van der Waals surface area contributed by atoms with Crippen molar-refractivity contribution in [2.45, 2.75) is 30.7 Å². The van der Waals surface area contributed by atoms with E-state index in [9.17, 15) is 4.79 Å². The maximum absolute atomic E-state index is 12.2. The minimum absolute atomic E-state index is 0. The molecule has 2 heterocycles. The van der Waals surface area contributed by atoms with Crippen LogP contribution < -0.4 is 10.6 Å². The smallest absolute Gasteiger partial charge is 0.271 e. The predicted octanol–water partition coefficient (Wildman–Crippen LogP) is 3.06. The molecule has 0 aliphatic carbocycles. The van der Waals surface area contributed by atoms with Gasteiger partial charge in [-0.25, -0.2) is 0 Å². The fourth-order valence-electron chi connectivity index (χ4n) is 2.78. The summed E-state index contributed by atoms with van der Waals surface area (Å²) in [6.45, 7) is 4.71. The SMILES string of the molecule is Cc1ccc(SCCNC(=O)c2ccn(C3CCCNC3)n2)cc1.Cl. The van der Waals surface area contributed by atoms with Crippen LogP contribution in [0.1, 0.15) is 34.9 Å². The van der Waals surface area contributed by atoms with Gasteiger partial charge >= 0.3 is 0 Å². The van der Waals surface area contributed by atoms with Crippen LogP contribution in [0.25, 0.3) is 0 Å². The standard InChI is InChI=1S/C18H24N4OS.ClH/c1-14-4-6-16(7-5-14)24-12-10-20-18(23)17-8-11-22(21-17)15-3-2-9-19-13-15;/h4-8,11,15,19H,2-3,9-10,12-13H2,1H3,(H,20,23);1H. The van der Waals surface area contributed by atoms with E-state index in [1.165, 1.54) is 10.5 Å². The Morgan fingerprint density at radius 3 is 2.88 bits per heavy atom. The fourth-order valence-corrected chi connectivity index (χ4v) is 3.55. The number of benzene rings is 1. The van der Waals surface area contributed by atoms with Crippen LogP contribution in [-0.2, 0) is 0 Å². The van der Waals surface area contributed by atoms with Gasteiger partial charge in [-0.3, -0.25) is 9.48 Å². The van der Waals surface area contributed by atoms with Crippen molar-refractivity contribution in [3.63, 3.8) is 0 Å². The molecule has 136 valence electrons. The first-order chi connectivity index (χ1) is 11.7. The van der Waals surface area contributed by atoms with Gasteiger partial charge in [0.1, 0.15) is 5.69 Å². The zero-order valence-electron chi connectivity index (χ0n) is 14.4. The molecule has 0 spiro atoms. The molecule has 1 atom stereocenters. The monoisotopic (exact) mass is 380 g/mol. The summed E-state index contributed by atoms with van der Waals surface area (Å²) < 4.78 is 1.92. The summed E-state index contributed by atoms with van der Waals surface area (Å²) in [6, 6.07) is 10.6. The van der Waals surface area contributed by atoms with Crippen LogP contribution in [0, 0.1) is 6.92 Å². The molecule has 1 saturated heterocycles. The van der Waals surface area contributed by atoms with Crippen LogP contribution in [0.2, 0.25) is 0 Å². The maximum Gasteiger partial charge on any atom is 0.271 e. The fraction of sp³-hybridized carbons (Fsp3) is 0.444. The Bertz CT molecular complexity index is 668. The quantitative estimate of drug-likeness (QED) is 0.597. The van der Waals surface area contributed by atoms with E-state index in [0.29, 0.717) is 18.3 Å². The molecule has 1 amide bonds. The van der Waals surface area contributed by atoms with Crippen LogP contribution in [0.3, 0.4) is 0 Å². The Morgan fingerprint density at radius 1 is 1.36 bits per heavy atom. The lowest BCUT2D eigenvalue weighted by molar-refractivity contribution is 0.0950. The Kier molecular flexibility index (Phi) is 7.81. The van der Waals surface area contributed by atoms with Crippen molar-refractivity contribution in [3.05, 3.63) is 47.8 Å². The number of thioether (sulfide) groups is 1. The van der Waals surface area contributed by atoms with Gasteiger partial charge in [-0.15, -0.1) is 24.2 Å². The first-order valence-electron chi connectivity index (χ1n) is 8.46. The van der Waals surface area contributed by atoms with Crippen molar-refractivity contribution < 1.29 is 4.79 Å². The van der Waals surface area contributed by atoms with Crippen LogP contribution in [0.15, 0.2) is 41.4 Å². The van der Waals surface area contributed by atoms with Crippen molar-refractivity contribution in [3.8, 4) is 0 Å². The Labute approximate surface area is 159 Å². The molecule has 1 aliphatic rings. The van der Waals surface area contributed by atoms with Gasteiger partial charge < -0.3 is 10.6 Å². The molecule has 5 nitrogen and oxygen atoms in total. The molecule has 0 saturated carbocycles. The molecule has 1 fully saturated rings. The van der Waals surface area contributed by atoms with E-state index in [1.807, 2.05) is 10.9 Å². The van der Waals surface area contributed by atoms with Crippen LogP contribution in [-0.4, -0.2) is 41.1 Å². The van der Waals surface area contributed by atoms with Gasteiger partial charge in [-0.1, -0.05) is 17.7 Å². The van der Waals surface area contributed by atoms with E-state index in [0.717, 1.165) is 31.7 Å². The number of carbonyl (C=O) groups is 1. The zero-order chi connectivity index (χ0) is 16.8. The molecule has 0 bridgehead atoms. The molecule has 3 rings (SSSR count).